The SMILES string of the molecule is CCOC(=O)Cc1ccccc1-c1nc(-c2onc(C)c2NC(=O)OCCc2ccccc2F)cs1. The number of hydrogen-bond acceptors (Lipinski definition) is 8. The van der Waals surface area contributed by atoms with Crippen molar-refractivity contribution >= 4 is 29.1 Å². The number of thiazole rings is 1. The van der Waals surface area contributed by atoms with Gasteiger partial charge >= 0.3 is 12.1 Å². The third-order valence-electron chi connectivity index (χ3n) is 5.28. The van der Waals surface area contributed by atoms with Crippen molar-refractivity contribution in [3.05, 3.63) is 76.5 Å². The maximum Gasteiger partial charge on any atom is 0.411 e. The summed E-state index contributed by atoms with van der Waals surface area (Å²) in [5, 5.41) is 9.07. The van der Waals surface area contributed by atoms with Crippen LogP contribution in [-0.4, -0.2) is 35.4 Å². The molecule has 2 aromatic carbocycles. The molecule has 1 amide bonds. The standard InChI is InChI=1S/C26H24FN3O5S/c1-3-33-22(31)14-18-9-4-6-10-19(18)25-28-21(15-36-25)24-23(16(2)30-35-24)29-26(32)34-13-12-17-8-5-7-11-20(17)27/h4-11,15H,3,12-14H2,1-2H3,(H,29,32). The first-order valence-electron chi connectivity index (χ1n) is 11.3. The lowest BCUT2D eigenvalue weighted by Crippen LogP contribution is -2.16. The van der Waals surface area contributed by atoms with Gasteiger partial charge in [0.05, 0.1) is 19.6 Å². The number of carbonyl (C=O) groups is 2. The molecule has 36 heavy (non-hydrogen) atoms. The molecular weight excluding hydrogens is 485 g/mol. The fraction of sp³-hybridized carbons (Fsp3) is 0.231. The number of carbonyl (C=O) groups excluding carboxylic acids is 2. The van der Waals surface area contributed by atoms with Crippen LogP contribution in [0.1, 0.15) is 23.7 Å². The van der Waals surface area contributed by atoms with E-state index in [4.69, 9.17) is 14.0 Å². The van der Waals surface area contributed by atoms with Gasteiger partial charge in [-0.3, -0.25) is 10.1 Å². The second-order valence-corrected chi connectivity index (χ2v) is 8.61. The van der Waals surface area contributed by atoms with E-state index in [0.29, 0.717) is 34.3 Å². The Balaban J connectivity index is 1.47. The van der Waals surface area contributed by atoms with Gasteiger partial charge in [0.1, 0.15) is 27.9 Å². The summed E-state index contributed by atoms with van der Waals surface area (Å²) in [5.74, 6) is -0.377. The molecule has 0 aliphatic carbocycles. The molecule has 0 fully saturated rings. The first-order valence-corrected chi connectivity index (χ1v) is 12.2. The van der Waals surface area contributed by atoms with Crippen LogP contribution in [-0.2, 0) is 27.1 Å². The molecule has 10 heteroatoms. The molecule has 0 unspecified atom stereocenters. The van der Waals surface area contributed by atoms with Crippen molar-refractivity contribution in [1.82, 2.24) is 10.1 Å². The number of ether oxygens (including phenoxy) is 2. The van der Waals surface area contributed by atoms with Crippen LogP contribution < -0.4 is 5.32 Å². The van der Waals surface area contributed by atoms with E-state index >= 15 is 0 Å². The maximum atomic E-state index is 13.8. The van der Waals surface area contributed by atoms with E-state index in [-0.39, 0.29) is 37.0 Å². The smallest absolute Gasteiger partial charge is 0.411 e. The third kappa shape index (κ3) is 5.95. The van der Waals surface area contributed by atoms with Crippen LogP contribution in [0.4, 0.5) is 14.9 Å². The molecule has 0 spiro atoms. The fourth-order valence-electron chi connectivity index (χ4n) is 3.54. The van der Waals surface area contributed by atoms with Crippen LogP contribution >= 0.6 is 11.3 Å². The van der Waals surface area contributed by atoms with E-state index in [2.05, 4.69) is 15.5 Å². The van der Waals surface area contributed by atoms with Gasteiger partial charge in [-0.2, -0.15) is 0 Å². The second kappa shape index (κ2) is 11.6. The van der Waals surface area contributed by atoms with Crippen molar-refractivity contribution in [2.24, 2.45) is 0 Å². The van der Waals surface area contributed by atoms with Gasteiger partial charge in [-0.1, -0.05) is 47.6 Å². The summed E-state index contributed by atoms with van der Waals surface area (Å²) >= 11 is 1.37. The zero-order valence-electron chi connectivity index (χ0n) is 19.7. The van der Waals surface area contributed by atoms with Crippen LogP contribution in [0.2, 0.25) is 0 Å². The minimum atomic E-state index is -0.714. The number of benzene rings is 2. The highest BCUT2D eigenvalue weighted by Crippen LogP contribution is 2.35. The fourth-order valence-corrected chi connectivity index (χ4v) is 4.40. The van der Waals surface area contributed by atoms with E-state index in [1.807, 2.05) is 24.3 Å². The zero-order chi connectivity index (χ0) is 25.5. The molecule has 0 saturated carbocycles. The van der Waals surface area contributed by atoms with Crippen molar-refractivity contribution in [2.45, 2.75) is 26.7 Å². The Morgan fingerprint density at radius 2 is 1.83 bits per heavy atom. The summed E-state index contributed by atoms with van der Waals surface area (Å²) in [4.78, 5) is 29.1. The topological polar surface area (TPSA) is 104 Å². The van der Waals surface area contributed by atoms with Gasteiger partial charge in [-0.05, 0) is 31.0 Å². The Morgan fingerprint density at radius 1 is 1.08 bits per heavy atom. The first-order chi connectivity index (χ1) is 17.5. The Hall–Kier alpha value is -4.05. The highest BCUT2D eigenvalue weighted by Gasteiger charge is 2.21. The van der Waals surface area contributed by atoms with Gasteiger partial charge < -0.3 is 14.0 Å². The Kier molecular flexibility index (Phi) is 8.06. The molecule has 0 saturated heterocycles. The van der Waals surface area contributed by atoms with E-state index in [1.165, 1.54) is 17.4 Å². The summed E-state index contributed by atoms with van der Waals surface area (Å²) in [6.45, 7) is 3.77. The summed E-state index contributed by atoms with van der Waals surface area (Å²) in [6.07, 6.45) is -0.337. The van der Waals surface area contributed by atoms with Crippen molar-refractivity contribution < 1.29 is 28.0 Å². The predicted octanol–water partition coefficient (Wildman–Crippen LogP) is 5.81. The summed E-state index contributed by atoms with van der Waals surface area (Å²) in [7, 11) is 0. The quantitative estimate of drug-likeness (QED) is 0.284. The first kappa shape index (κ1) is 25.1. The molecule has 0 atom stereocenters. The lowest BCUT2D eigenvalue weighted by Gasteiger charge is -2.08. The van der Waals surface area contributed by atoms with Crippen molar-refractivity contribution in [2.75, 3.05) is 18.5 Å². The van der Waals surface area contributed by atoms with Crippen LogP contribution in [0.5, 0.6) is 0 Å². The lowest BCUT2D eigenvalue weighted by atomic mass is 10.1. The van der Waals surface area contributed by atoms with Crippen LogP contribution in [0, 0.1) is 12.7 Å². The monoisotopic (exact) mass is 509 g/mol. The average Bonchev–Trinajstić information content (AvgIpc) is 3.48. The largest absolute Gasteiger partial charge is 0.466 e. The molecular formula is C26H24FN3O5S. The van der Waals surface area contributed by atoms with Crippen LogP contribution in [0.3, 0.4) is 0 Å². The number of aryl methyl sites for hydroxylation is 1. The molecule has 2 aromatic heterocycles. The van der Waals surface area contributed by atoms with Crippen LogP contribution in [0.15, 0.2) is 58.4 Å². The molecule has 0 aliphatic rings. The lowest BCUT2D eigenvalue weighted by molar-refractivity contribution is -0.142. The molecule has 0 aliphatic heterocycles. The number of nitrogens with zero attached hydrogens (tertiary/aromatic N) is 2. The summed E-state index contributed by atoms with van der Waals surface area (Å²) in [5.41, 5.74) is 3.33. The van der Waals surface area contributed by atoms with Gasteiger partial charge in [0, 0.05) is 17.4 Å². The van der Waals surface area contributed by atoms with Crippen LogP contribution in [0.25, 0.3) is 22.0 Å². The number of rotatable bonds is 9. The second-order valence-electron chi connectivity index (χ2n) is 7.75. The summed E-state index contributed by atoms with van der Waals surface area (Å²) < 4.78 is 29.5. The normalized spacial score (nSPS) is 10.8. The molecule has 1 N–H and O–H groups in total. The van der Waals surface area contributed by atoms with Gasteiger partial charge in [0.15, 0.2) is 0 Å². The third-order valence-corrected chi connectivity index (χ3v) is 6.15. The van der Waals surface area contributed by atoms with Gasteiger partial charge in [0.2, 0.25) is 5.76 Å². The van der Waals surface area contributed by atoms with Gasteiger partial charge in [-0.15, -0.1) is 11.3 Å². The number of halogens is 1. The molecule has 186 valence electrons. The zero-order valence-corrected chi connectivity index (χ0v) is 20.6. The number of anilines is 1. The van der Waals surface area contributed by atoms with Crippen molar-refractivity contribution in [3.63, 3.8) is 0 Å². The van der Waals surface area contributed by atoms with Crippen molar-refractivity contribution in [1.29, 1.82) is 0 Å². The Morgan fingerprint density at radius 3 is 2.61 bits per heavy atom. The molecule has 2 heterocycles. The number of nitrogens with one attached hydrogen (secondary N) is 1. The van der Waals surface area contributed by atoms with Gasteiger partial charge in [-0.25, -0.2) is 14.2 Å². The summed E-state index contributed by atoms with van der Waals surface area (Å²) in [6, 6.07) is 13.8. The molecule has 4 aromatic rings. The minimum Gasteiger partial charge on any atom is -0.466 e. The van der Waals surface area contributed by atoms with E-state index < -0.39 is 6.09 Å². The average molecular weight is 510 g/mol. The number of amides is 1. The highest BCUT2D eigenvalue weighted by atomic mass is 32.1. The molecule has 0 radical (unpaired) electrons. The predicted molar refractivity (Wildman–Crippen MR) is 133 cm³/mol. The Labute approximate surface area is 211 Å². The van der Waals surface area contributed by atoms with Gasteiger partial charge in [0.25, 0.3) is 0 Å². The number of aromatic nitrogens is 2. The molecule has 4 rings (SSSR count). The molecule has 0 bridgehead atoms. The number of hydrogen-bond donors (Lipinski definition) is 1. The van der Waals surface area contributed by atoms with E-state index in [1.54, 1.807) is 37.4 Å². The number of esters is 1. The van der Waals surface area contributed by atoms with E-state index in [0.717, 1.165) is 11.1 Å². The van der Waals surface area contributed by atoms with Crippen molar-refractivity contribution in [3.8, 4) is 22.0 Å². The highest BCUT2D eigenvalue weighted by molar-refractivity contribution is 7.13. The maximum absolute atomic E-state index is 13.8. The molecule has 8 nitrogen and oxygen atoms in total. The minimum absolute atomic E-state index is 0.00449. The Bertz CT molecular complexity index is 1370. The van der Waals surface area contributed by atoms with E-state index in [9.17, 15) is 14.0 Å².